The molecular formula is C22H27F2N3O4. The van der Waals surface area contributed by atoms with E-state index in [4.69, 9.17) is 10.5 Å². The largest absolute Gasteiger partial charge is 0.445 e. The van der Waals surface area contributed by atoms with Crippen molar-refractivity contribution in [2.45, 2.75) is 31.6 Å². The van der Waals surface area contributed by atoms with Crippen molar-refractivity contribution in [3.63, 3.8) is 0 Å². The molecule has 2 atom stereocenters. The Kier molecular flexibility index (Phi) is 9.36. The fraction of sp³-hybridized carbons (Fsp3) is 0.364. The number of hydrogen-bond acceptors (Lipinski definition) is 5. The van der Waals surface area contributed by atoms with Gasteiger partial charge in [0.2, 0.25) is 0 Å². The standard InChI is InChI=1S/C22H27F2N3O4/c1-27(21(29)20(28)19(25)12-15-6-3-2-4-7-15)11-5-10-26-22(30)31-14-16-13-17(23)8-9-18(16)24/h2-4,6-9,13,19-20,28H,5,10-12,14,25H2,1H3,(H,26,30). The molecule has 0 saturated heterocycles. The van der Waals surface area contributed by atoms with E-state index in [1.807, 2.05) is 30.3 Å². The Bertz CT molecular complexity index is 867. The van der Waals surface area contributed by atoms with Crippen LogP contribution in [0.5, 0.6) is 0 Å². The van der Waals surface area contributed by atoms with Crippen LogP contribution in [0.1, 0.15) is 17.5 Å². The summed E-state index contributed by atoms with van der Waals surface area (Å²) in [5.41, 5.74) is 6.82. The molecule has 0 aliphatic carbocycles. The van der Waals surface area contributed by atoms with E-state index in [9.17, 15) is 23.5 Å². The second-order valence-electron chi connectivity index (χ2n) is 7.15. The van der Waals surface area contributed by atoms with Gasteiger partial charge in [-0.15, -0.1) is 0 Å². The molecule has 0 radical (unpaired) electrons. The lowest BCUT2D eigenvalue weighted by molar-refractivity contribution is -0.139. The lowest BCUT2D eigenvalue weighted by Gasteiger charge is -2.24. The van der Waals surface area contributed by atoms with E-state index in [2.05, 4.69) is 5.32 Å². The van der Waals surface area contributed by atoms with Crippen LogP contribution in [0.25, 0.3) is 0 Å². The maximum absolute atomic E-state index is 13.5. The molecule has 168 valence electrons. The maximum atomic E-state index is 13.5. The molecule has 2 aromatic rings. The van der Waals surface area contributed by atoms with Crippen molar-refractivity contribution >= 4 is 12.0 Å². The predicted octanol–water partition coefficient (Wildman–Crippen LogP) is 1.97. The van der Waals surface area contributed by atoms with Crippen LogP contribution in [0.15, 0.2) is 48.5 Å². The highest BCUT2D eigenvalue weighted by Gasteiger charge is 2.25. The third-order valence-corrected chi connectivity index (χ3v) is 4.66. The summed E-state index contributed by atoms with van der Waals surface area (Å²) in [6.45, 7) is 0.0559. The van der Waals surface area contributed by atoms with Crippen LogP contribution < -0.4 is 11.1 Å². The summed E-state index contributed by atoms with van der Waals surface area (Å²) < 4.78 is 31.4. The first-order chi connectivity index (χ1) is 14.8. The number of aliphatic hydroxyl groups excluding tert-OH is 1. The van der Waals surface area contributed by atoms with Gasteiger partial charge in [-0.25, -0.2) is 13.6 Å². The molecule has 0 bridgehead atoms. The second-order valence-corrected chi connectivity index (χ2v) is 7.15. The van der Waals surface area contributed by atoms with Crippen molar-refractivity contribution in [3.05, 3.63) is 71.3 Å². The van der Waals surface area contributed by atoms with Gasteiger partial charge in [0.15, 0.2) is 0 Å². The maximum Gasteiger partial charge on any atom is 0.407 e. The first kappa shape index (κ1) is 24.2. The van der Waals surface area contributed by atoms with Crippen molar-refractivity contribution in [2.75, 3.05) is 20.1 Å². The first-order valence-corrected chi connectivity index (χ1v) is 9.85. The summed E-state index contributed by atoms with van der Waals surface area (Å²) in [7, 11) is 1.53. The molecule has 0 spiro atoms. The van der Waals surface area contributed by atoms with E-state index >= 15 is 0 Å². The molecule has 2 rings (SSSR count). The number of carbonyl (C=O) groups is 2. The number of carbonyl (C=O) groups excluding carboxylic acids is 2. The van der Waals surface area contributed by atoms with Crippen molar-refractivity contribution in [1.29, 1.82) is 0 Å². The Balaban J connectivity index is 1.67. The Morgan fingerprint density at radius 2 is 1.90 bits per heavy atom. The van der Waals surface area contributed by atoms with E-state index in [0.29, 0.717) is 12.8 Å². The number of amides is 2. The number of rotatable bonds is 10. The van der Waals surface area contributed by atoms with Crippen molar-refractivity contribution in [2.24, 2.45) is 5.73 Å². The van der Waals surface area contributed by atoms with Gasteiger partial charge >= 0.3 is 6.09 Å². The number of halogens is 2. The van der Waals surface area contributed by atoms with Gasteiger partial charge in [0.1, 0.15) is 24.3 Å². The van der Waals surface area contributed by atoms with Crippen LogP contribution in [0.2, 0.25) is 0 Å². The van der Waals surface area contributed by atoms with Gasteiger partial charge in [-0.1, -0.05) is 30.3 Å². The molecular weight excluding hydrogens is 408 g/mol. The smallest absolute Gasteiger partial charge is 0.407 e. The minimum Gasteiger partial charge on any atom is -0.445 e. The summed E-state index contributed by atoms with van der Waals surface area (Å²) in [5.74, 6) is -1.80. The minimum absolute atomic E-state index is 0.0682. The van der Waals surface area contributed by atoms with Gasteiger partial charge in [0.05, 0.1) is 0 Å². The zero-order valence-corrected chi connectivity index (χ0v) is 17.3. The SMILES string of the molecule is CN(CCCNC(=O)OCc1cc(F)ccc1F)C(=O)C(O)C(N)Cc1ccccc1. The minimum atomic E-state index is -1.34. The quantitative estimate of drug-likeness (QED) is 0.495. The second kappa shape index (κ2) is 12.0. The first-order valence-electron chi connectivity index (χ1n) is 9.85. The molecule has 2 unspecified atom stereocenters. The summed E-state index contributed by atoms with van der Waals surface area (Å²) in [5, 5.41) is 12.7. The van der Waals surface area contributed by atoms with Crippen molar-refractivity contribution in [3.8, 4) is 0 Å². The summed E-state index contributed by atoms with van der Waals surface area (Å²) in [6.07, 6.45) is -1.38. The molecule has 0 saturated carbocycles. The van der Waals surface area contributed by atoms with Gasteiger partial charge in [0.25, 0.3) is 5.91 Å². The van der Waals surface area contributed by atoms with E-state index in [-0.39, 0.29) is 18.7 Å². The van der Waals surface area contributed by atoms with Gasteiger partial charge < -0.3 is 25.8 Å². The van der Waals surface area contributed by atoms with E-state index in [1.165, 1.54) is 11.9 Å². The summed E-state index contributed by atoms with van der Waals surface area (Å²) in [4.78, 5) is 25.4. The molecule has 4 N–H and O–H groups in total. The average molecular weight is 435 g/mol. The molecule has 0 aliphatic rings. The molecule has 2 aromatic carbocycles. The number of nitrogens with one attached hydrogen (secondary N) is 1. The molecule has 0 heterocycles. The van der Waals surface area contributed by atoms with Crippen LogP contribution in [0.3, 0.4) is 0 Å². The lowest BCUT2D eigenvalue weighted by atomic mass is 10.0. The summed E-state index contributed by atoms with van der Waals surface area (Å²) in [6, 6.07) is 11.5. The zero-order valence-electron chi connectivity index (χ0n) is 17.3. The Morgan fingerprint density at radius 3 is 2.61 bits per heavy atom. The highest BCUT2D eigenvalue weighted by Crippen LogP contribution is 2.11. The van der Waals surface area contributed by atoms with Gasteiger partial charge in [0, 0.05) is 31.7 Å². The predicted molar refractivity (Wildman–Crippen MR) is 111 cm³/mol. The van der Waals surface area contributed by atoms with Crippen molar-refractivity contribution < 1.29 is 28.2 Å². The van der Waals surface area contributed by atoms with Crippen molar-refractivity contribution in [1.82, 2.24) is 10.2 Å². The molecule has 9 heteroatoms. The van der Waals surface area contributed by atoms with E-state index < -0.39 is 42.4 Å². The number of ether oxygens (including phenoxy) is 1. The molecule has 7 nitrogen and oxygen atoms in total. The fourth-order valence-electron chi connectivity index (χ4n) is 2.87. The van der Waals surface area contributed by atoms with E-state index in [1.54, 1.807) is 0 Å². The number of hydrogen-bond donors (Lipinski definition) is 3. The molecule has 0 fully saturated rings. The third-order valence-electron chi connectivity index (χ3n) is 4.66. The Morgan fingerprint density at radius 1 is 1.19 bits per heavy atom. The normalized spacial score (nSPS) is 12.7. The number of nitrogens with two attached hydrogens (primary N) is 1. The molecule has 0 aromatic heterocycles. The zero-order chi connectivity index (χ0) is 22.8. The van der Waals surface area contributed by atoms with Crippen LogP contribution >= 0.6 is 0 Å². The van der Waals surface area contributed by atoms with Crippen LogP contribution in [-0.2, 0) is 22.6 Å². The Hall–Kier alpha value is -3.04. The third kappa shape index (κ3) is 7.95. The number of likely N-dealkylation sites (N-methyl/N-ethyl adjacent to an activating group) is 1. The van der Waals surface area contributed by atoms with E-state index in [0.717, 1.165) is 23.8 Å². The average Bonchev–Trinajstić information content (AvgIpc) is 2.76. The van der Waals surface area contributed by atoms with Gasteiger partial charge in [-0.2, -0.15) is 0 Å². The number of aliphatic hydroxyl groups is 1. The topological polar surface area (TPSA) is 105 Å². The number of benzene rings is 2. The van der Waals surface area contributed by atoms with Gasteiger partial charge in [-0.3, -0.25) is 4.79 Å². The molecule has 2 amide bonds. The van der Waals surface area contributed by atoms with Crippen LogP contribution in [-0.4, -0.2) is 54.3 Å². The van der Waals surface area contributed by atoms with Gasteiger partial charge in [-0.05, 0) is 36.6 Å². The Labute approximate surface area is 179 Å². The monoisotopic (exact) mass is 435 g/mol. The fourth-order valence-corrected chi connectivity index (χ4v) is 2.87. The van der Waals surface area contributed by atoms with Crippen LogP contribution in [0, 0.1) is 11.6 Å². The highest BCUT2D eigenvalue weighted by atomic mass is 19.1. The number of alkyl carbamates (subject to hydrolysis) is 1. The lowest BCUT2D eigenvalue weighted by Crippen LogP contribution is -2.48. The molecule has 0 aliphatic heterocycles. The number of nitrogens with zero attached hydrogens (tertiary/aromatic N) is 1. The van der Waals surface area contributed by atoms with Crippen LogP contribution in [0.4, 0.5) is 13.6 Å². The molecule has 31 heavy (non-hydrogen) atoms. The highest BCUT2D eigenvalue weighted by molar-refractivity contribution is 5.81. The summed E-state index contributed by atoms with van der Waals surface area (Å²) >= 11 is 0.